The summed E-state index contributed by atoms with van der Waals surface area (Å²) in [6.07, 6.45) is 3.69. The van der Waals surface area contributed by atoms with Crippen LogP contribution in [0, 0.1) is 0 Å². The number of hydrogen-bond donors (Lipinski definition) is 4. The van der Waals surface area contributed by atoms with Gasteiger partial charge in [0.05, 0.1) is 0 Å². The van der Waals surface area contributed by atoms with Gasteiger partial charge in [-0.05, 0) is 24.7 Å². The summed E-state index contributed by atoms with van der Waals surface area (Å²) in [5.41, 5.74) is 10.4. The number of carboxylic acids is 2. The van der Waals surface area contributed by atoms with Gasteiger partial charge in [0.1, 0.15) is 12.1 Å². The quantitative estimate of drug-likeness (QED) is 0.488. The van der Waals surface area contributed by atoms with E-state index in [2.05, 4.69) is 12.5 Å². The van der Waals surface area contributed by atoms with Gasteiger partial charge in [-0.2, -0.15) is 4.21 Å². The maximum atomic E-state index is 10.1. The Balaban J connectivity index is -0.000000294. The van der Waals surface area contributed by atoms with E-state index in [4.69, 9.17) is 25.9 Å². The van der Waals surface area contributed by atoms with Gasteiger partial charge in [-0.15, -0.1) is 23.5 Å². The Kier molecular flexibility index (Phi) is 23.7. The fourth-order valence-electron chi connectivity index (χ4n) is 0.653. The zero-order chi connectivity index (χ0) is 18.0. The summed E-state index contributed by atoms with van der Waals surface area (Å²) >= 11 is 5.64. The molecule has 10 heteroatoms. The van der Waals surface area contributed by atoms with Gasteiger partial charge < -0.3 is 21.7 Å². The lowest BCUT2D eigenvalue weighted by atomic mass is 10.4. The molecule has 6 N–H and O–H groups in total. The van der Waals surface area contributed by atoms with Gasteiger partial charge in [0.2, 0.25) is 0 Å². The smallest absolute Gasteiger partial charge is 0.321 e. The molecule has 0 aromatic carbocycles. The maximum Gasteiger partial charge on any atom is 0.321 e. The molecule has 2 atom stereocenters. The minimum absolute atomic E-state index is 0.430. The van der Waals surface area contributed by atoms with E-state index in [0.717, 1.165) is 0 Å². The highest BCUT2D eigenvalue weighted by atomic mass is 32.2. The molecule has 0 aliphatic heterocycles. The zero-order valence-corrected chi connectivity index (χ0v) is 14.8. The molecule has 0 aliphatic rings. The second-order valence-corrected chi connectivity index (χ2v) is 5.37. The van der Waals surface area contributed by atoms with Crippen molar-refractivity contribution in [2.75, 3.05) is 11.5 Å². The van der Waals surface area contributed by atoms with E-state index in [1.807, 2.05) is 36.8 Å². The van der Waals surface area contributed by atoms with E-state index in [1.165, 1.54) is 23.5 Å². The standard InChI is InChI=1S/2C6H11NO2S.OS/c2*1-2-3-10-4-5(7)6(8)9;1-2/h2*2-3,5H,4,7H2,1H3,(H,8,9);/t2*5-;/m00./s1. The van der Waals surface area contributed by atoms with Crippen LogP contribution >= 0.6 is 23.5 Å². The topological polar surface area (TPSA) is 144 Å². The SMILES string of the molecule is CC=CSC[C@H](N)C(=O)O.CC=CSC[C@H](N)C(=O)O.O=S. The lowest BCUT2D eigenvalue weighted by Crippen LogP contribution is -2.32. The third kappa shape index (κ3) is 21.4. The summed E-state index contributed by atoms with van der Waals surface area (Å²) < 4.78 is 7.83. The molecule has 0 bridgehead atoms. The molecular formula is C12H22N2O5S3. The summed E-state index contributed by atoms with van der Waals surface area (Å²) in [4.78, 5) is 20.3. The first-order chi connectivity index (χ1) is 10.4. The molecule has 0 aliphatic carbocycles. The number of nitrogens with two attached hydrogens (primary N) is 2. The van der Waals surface area contributed by atoms with Crippen LogP contribution in [0.25, 0.3) is 0 Å². The van der Waals surface area contributed by atoms with Crippen molar-refractivity contribution in [1.29, 1.82) is 0 Å². The van der Waals surface area contributed by atoms with Gasteiger partial charge in [0.25, 0.3) is 0 Å². The van der Waals surface area contributed by atoms with Gasteiger partial charge >= 0.3 is 11.9 Å². The number of rotatable bonds is 8. The molecule has 0 aromatic heterocycles. The Labute approximate surface area is 144 Å². The minimum Gasteiger partial charge on any atom is -0.480 e. The first-order valence-electron chi connectivity index (χ1n) is 5.95. The highest BCUT2D eigenvalue weighted by Crippen LogP contribution is 2.03. The van der Waals surface area contributed by atoms with Crippen molar-refractivity contribution < 1.29 is 24.0 Å². The highest BCUT2D eigenvalue weighted by Gasteiger charge is 2.09. The zero-order valence-electron chi connectivity index (χ0n) is 12.4. The van der Waals surface area contributed by atoms with Crippen molar-refractivity contribution in [1.82, 2.24) is 0 Å². The Hall–Kier alpha value is -0.940. The normalized spacial score (nSPS) is 12.7. The molecule has 0 saturated heterocycles. The predicted molar refractivity (Wildman–Crippen MR) is 93.9 cm³/mol. The van der Waals surface area contributed by atoms with Crippen LogP contribution in [0.3, 0.4) is 0 Å². The lowest BCUT2D eigenvalue weighted by molar-refractivity contribution is -0.138. The number of carboxylic acid groups (broad SMARTS) is 2. The second kappa shape index (κ2) is 20.1. The number of carbonyl (C=O) groups is 2. The van der Waals surface area contributed by atoms with E-state index in [-0.39, 0.29) is 0 Å². The Morgan fingerprint density at radius 2 is 1.23 bits per heavy atom. The van der Waals surface area contributed by atoms with Crippen molar-refractivity contribution in [3.8, 4) is 0 Å². The number of allylic oxidation sites excluding steroid dienone is 2. The molecule has 22 heavy (non-hydrogen) atoms. The number of thioether (sulfide) groups is 2. The van der Waals surface area contributed by atoms with Crippen molar-refractivity contribution in [2.45, 2.75) is 25.9 Å². The van der Waals surface area contributed by atoms with Crippen LogP contribution in [-0.4, -0.2) is 49.9 Å². The molecule has 128 valence electrons. The van der Waals surface area contributed by atoms with Gasteiger partial charge in [-0.25, -0.2) is 0 Å². The highest BCUT2D eigenvalue weighted by molar-refractivity contribution is 8.02. The van der Waals surface area contributed by atoms with Crippen LogP contribution < -0.4 is 11.5 Å². The minimum atomic E-state index is -0.947. The predicted octanol–water partition coefficient (Wildman–Crippen LogP) is 0.994. The van der Waals surface area contributed by atoms with Crippen LogP contribution in [-0.2, 0) is 22.1 Å². The molecule has 0 unspecified atom stereocenters. The van der Waals surface area contributed by atoms with Gasteiger partial charge in [-0.3, -0.25) is 9.59 Å². The van der Waals surface area contributed by atoms with E-state index in [0.29, 0.717) is 11.5 Å². The summed E-state index contributed by atoms with van der Waals surface area (Å²) in [5, 5.41) is 20.3. The van der Waals surface area contributed by atoms with E-state index in [1.54, 1.807) is 0 Å². The van der Waals surface area contributed by atoms with Crippen LogP contribution in [0.15, 0.2) is 23.0 Å². The Morgan fingerprint density at radius 3 is 1.41 bits per heavy atom. The Morgan fingerprint density at radius 1 is 0.955 bits per heavy atom. The summed E-state index contributed by atoms with van der Waals surface area (Å²) in [5.74, 6) is -1.03. The maximum absolute atomic E-state index is 10.1. The average molecular weight is 371 g/mol. The van der Waals surface area contributed by atoms with Gasteiger partial charge in [0, 0.05) is 11.5 Å². The molecule has 0 saturated carbocycles. The molecule has 0 radical (unpaired) electrons. The molecule has 0 fully saturated rings. The molecule has 0 spiro atoms. The molecule has 0 rings (SSSR count). The Bertz CT molecular complexity index is 322. The first-order valence-corrected chi connectivity index (χ1v) is 8.38. The number of aliphatic carboxylic acids is 2. The molecule has 0 aromatic rings. The number of hydrogen-bond acceptors (Lipinski definition) is 8. The van der Waals surface area contributed by atoms with Crippen molar-refractivity contribution in [2.24, 2.45) is 11.5 Å². The molecular weight excluding hydrogens is 348 g/mol. The van der Waals surface area contributed by atoms with Crippen LogP contribution in [0.2, 0.25) is 0 Å². The van der Waals surface area contributed by atoms with Gasteiger partial charge in [-0.1, -0.05) is 12.2 Å². The van der Waals surface area contributed by atoms with Gasteiger partial charge in [0.15, 0.2) is 12.5 Å². The first kappa shape index (κ1) is 26.0. The van der Waals surface area contributed by atoms with Crippen LogP contribution in [0.4, 0.5) is 0 Å². The van der Waals surface area contributed by atoms with E-state index >= 15 is 0 Å². The lowest BCUT2D eigenvalue weighted by Gasteiger charge is -2.01. The van der Waals surface area contributed by atoms with Crippen LogP contribution in [0.1, 0.15) is 13.8 Å². The molecule has 0 heterocycles. The summed E-state index contributed by atoms with van der Waals surface area (Å²) in [6, 6.07) is -1.50. The molecule has 0 amide bonds. The summed E-state index contributed by atoms with van der Waals surface area (Å²) in [6.45, 7) is 3.75. The monoisotopic (exact) mass is 370 g/mol. The third-order valence-corrected chi connectivity index (χ3v) is 3.68. The fraction of sp³-hybridized carbons (Fsp3) is 0.500. The van der Waals surface area contributed by atoms with E-state index in [9.17, 15) is 9.59 Å². The van der Waals surface area contributed by atoms with Crippen molar-refractivity contribution in [3.63, 3.8) is 0 Å². The molecule has 7 nitrogen and oxygen atoms in total. The fourth-order valence-corrected chi connectivity index (χ4v) is 1.96. The third-order valence-electron chi connectivity index (χ3n) is 1.65. The van der Waals surface area contributed by atoms with Crippen LogP contribution in [0.5, 0.6) is 0 Å². The largest absolute Gasteiger partial charge is 0.480 e. The van der Waals surface area contributed by atoms with E-state index < -0.39 is 24.0 Å². The van der Waals surface area contributed by atoms with Crippen molar-refractivity contribution in [3.05, 3.63) is 23.0 Å². The van der Waals surface area contributed by atoms with Crippen molar-refractivity contribution >= 4 is 48.0 Å². The average Bonchev–Trinajstić information content (AvgIpc) is 2.50. The summed E-state index contributed by atoms with van der Waals surface area (Å²) in [7, 11) is 0. The second-order valence-electron chi connectivity index (χ2n) is 3.49.